The molecule has 0 N–H and O–H groups in total. The van der Waals surface area contributed by atoms with Crippen molar-refractivity contribution in [1.82, 2.24) is 14.7 Å². The van der Waals surface area contributed by atoms with Crippen LogP contribution in [-0.2, 0) is 4.79 Å². The smallest absolute Gasteiger partial charge is 0.264 e. The predicted molar refractivity (Wildman–Crippen MR) is 110 cm³/mol. The zero-order chi connectivity index (χ0) is 19.2. The Kier molecular flexibility index (Phi) is 6.63. The third kappa shape index (κ3) is 4.57. The lowest BCUT2D eigenvalue weighted by molar-refractivity contribution is -0.132. The number of likely N-dealkylation sites (N-methyl/N-ethyl adjacent to an activating group) is 1. The SMILES string of the molecule is CCN(CC)C(=O)CN1CCN(C(=O)c2sccc2-c2ccccc2)CC1. The van der Waals surface area contributed by atoms with Crippen molar-refractivity contribution in [2.45, 2.75) is 13.8 Å². The molecule has 3 rings (SSSR count). The average Bonchev–Trinajstić information content (AvgIpc) is 3.19. The van der Waals surface area contributed by atoms with Gasteiger partial charge in [0, 0.05) is 44.8 Å². The predicted octanol–water partition coefficient (Wildman–Crippen LogP) is 3.04. The standard InChI is InChI=1S/C21H27N3O2S/c1-3-23(4-2)19(25)16-22-11-13-24(14-12-22)21(26)20-18(10-15-27-20)17-8-6-5-7-9-17/h5-10,15H,3-4,11-14,16H2,1-2H3. The topological polar surface area (TPSA) is 43.9 Å². The Bertz CT molecular complexity index is 763. The normalized spacial score (nSPS) is 15.0. The molecule has 1 aromatic heterocycles. The van der Waals surface area contributed by atoms with E-state index in [4.69, 9.17) is 0 Å². The van der Waals surface area contributed by atoms with E-state index in [1.54, 1.807) is 0 Å². The maximum atomic E-state index is 13.0. The van der Waals surface area contributed by atoms with Crippen molar-refractivity contribution in [3.63, 3.8) is 0 Å². The minimum atomic E-state index is 0.0959. The fraction of sp³-hybridized carbons (Fsp3) is 0.429. The molecule has 5 nitrogen and oxygen atoms in total. The number of carbonyl (C=O) groups excluding carboxylic acids is 2. The summed E-state index contributed by atoms with van der Waals surface area (Å²) in [5, 5.41) is 1.98. The Morgan fingerprint density at radius 2 is 1.67 bits per heavy atom. The lowest BCUT2D eigenvalue weighted by Gasteiger charge is -2.35. The number of hydrogen-bond acceptors (Lipinski definition) is 4. The van der Waals surface area contributed by atoms with Crippen molar-refractivity contribution in [2.75, 3.05) is 45.8 Å². The Morgan fingerprint density at radius 3 is 2.30 bits per heavy atom. The van der Waals surface area contributed by atoms with Crippen LogP contribution in [0.5, 0.6) is 0 Å². The fourth-order valence-electron chi connectivity index (χ4n) is 3.44. The van der Waals surface area contributed by atoms with Gasteiger partial charge in [-0.2, -0.15) is 0 Å². The van der Waals surface area contributed by atoms with Crippen LogP contribution in [0, 0.1) is 0 Å². The minimum Gasteiger partial charge on any atom is -0.342 e. The van der Waals surface area contributed by atoms with E-state index in [-0.39, 0.29) is 11.8 Å². The summed E-state index contributed by atoms with van der Waals surface area (Å²) in [5.41, 5.74) is 2.08. The summed E-state index contributed by atoms with van der Waals surface area (Å²) in [6, 6.07) is 12.1. The van der Waals surface area contributed by atoms with Gasteiger partial charge in [0.2, 0.25) is 5.91 Å². The zero-order valence-electron chi connectivity index (χ0n) is 16.1. The molecule has 2 aromatic rings. The van der Waals surface area contributed by atoms with Gasteiger partial charge in [-0.1, -0.05) is 30.3 Å². The Labute approximate surface area is 165 Å². The molecule has 6 heteroatoms. The van der Waals surface area contributed by atoms with Gasteiger partial charge in [0.25, 0.3) is 5.91 Å². The highest BCUT2D eigenvalue weighted by molar-refractivity contribution is 7.12. The average molecular weight is 386 g/mol. The second-order valence-corrected chi connectivity index (χ2v) is 7.58. The molecular weight excluding hydrogens is 358 g/mol. The zero-order valence-corrected chi connectivity index (χ0v) is 16.9. The molecule has 0 spiro atoms. The Morgan fingerprint density at radius 1 is 1.00 bits per heavy atom. The van der Waals surface area contributed by atoms with Gasteiger partial charge in [-0.05, 0) is 30.9 Å². The van der Waals surface area contributed by atoms with E-state index >= 15 is 0 Å². The Hall–Kier alpha value is -2.18. The Balaban J connectivity index is 1.60. The quantitative estimate of drug-likeness (QED) is 0.768. The molecule has 144 valence electrons. The maximum absolute atomic E-state index is 13.0. The largest absolute Gasteiger partial charge is 0.342 e. The summed E-state index contributed by atoms with van der Waals surface area (Å²) in [5.74, 6) is 0.267. The number of rotatable bonds is 6. The van der Waals surface area contributed by atoms with Crippen LogP contribution >= 0.6 is 11.3 Å². The molecular formula is C21H27N3O2S. The number of nitrogens with zero attached hydrogens (tertiary/aromatic N) is 3. The first kappa shape index (κ1) is 19.6. The van der Waals surface area contributed by atoms with Crippen LogP contribution in [0.2, 0.25) is 0 Å². The van der Waals surface area contributed by atoms with Crippen molar-refractivity contribution in [1.29, 1.82) is 0 Å². The van der Waals surface area contributed by atoms with E-state index in [1.165, 1.54) is 11.3 Å². The first-order valence-corrected chi connectivity index (χ1v) is 10.4. The van der Waals surface area contributed by atoms with Crippen molar-refractivity contribution < 1.29 is 9.59 Å². The summed E-state index contributed by atoms with van der Waals surface area (Å²) in [7, 11) is 0. The van der Waals surface area contributed by atoms with Crippen LogP contribution in [0.1, 0.15) is 23.5 Å². The number of amides is 2. The molecule has 1 aromatic carbocycles. The highest BCUT2D eigenvalue weighted by Crippen LogP contribution is 2.29. The van der Waals surface area contributed by atoms with E-state index < -0.39 is 0 Å². The van der Waals surface area contributed by atoms with Crippen molar-refractivity contribution in [3.05, 3.63) is 46.7 Å². The first-order chi connectivity index (χ1) is 13.1. The number of piperazine rings is 1. The minimum absolute atomic E-state index is 0.0959. The van der Waals surface area contributed by atoms with Gasteiger partial charge in [-0.3, -0.25) is 14.5 Å². The van der Waals surface area contributed by atoms with Crippen LogP contribution in [0.4, 0.5) is 0 Å². The molecule has 0 unspecified atom stereocenters. The molecule has 1 saturated heterocycles. The molecule has 2 heterocycles. The molecule has 1 fully saturated rings. The van der Waals surface area contributed by atoms with E-state index in [2.05, 4.69) is 4.90 Å². The molecule has 0 saturated carbocycles. The number of thiophene rings is 1. The van der Waals surface area contributed by atoms with Gasteiger partial charge >= 0.3 is 0 Å². The highest BCUT2D eigenvalue weighted by Gasteiger charge is 2.26. The van der Waals surface area contributed by atoms with E-state index in [9.17, 15) is 9.59 Å². The van der Waals surface area contributed by atoms with Gasteiger partial charge in [-0.25, -0.2) is 0 Å². The van der Waals surface area contributed by atoms with Crippen molar-refractivity contribution in [2.24, 2.45) is 0 Å². The lowest BCUT2D eigenvalue weighted by atomic mass is 10.1. The molecule has 0 bridgehead atoms. The van der Waals surface area contributed by atoms with Crippen LogP contribution < -0.4 is 0 Å². The third-order valence-electron chi connectivity index (χ3n) is 5.08. The van der Waals surface area contributed by atoms with Gasteiger partial charge < -0.3 is 9.80 Å². The van der Waals surface area contributed by atoms with Crippen LogP contribution in [-0.4, -0.2) is 72.3 Å². The summed E-state index contributed by atoms with van der Waals surface area (Å²) in [6.07, 6.45) is 0. The number of carbonyl (C=O) groups is 2. The lowest BCUT2D eigenvalue weighted by Crippen LogP contribution is -2.51. The molecule has 0 atom stereocenters. The second kappa shape index (κ2) is 9.15. The maximum Gasteiger partial charge on any atom is 0.264 e. The highest BCUT2D eigenvalue weighted by atomic mass is 32.1. The van der Waals surface area contributed by atoms with Gasteiger partial charge in [0.1, 0.15) is 0 Å². The molecule has 0 radical (unpaired) electrons. The summed E-state index contributed by atoms with van der Waals surface area (Å²) < 4.78 is 0. The molecule has 2 amide bonds. The van der Waals surface area contributed by atoms with Crippen molar-refractivity contribution in [3.8, 4) is 11.1 Å². The van der Waals surface area contributed by atoms with Crippen molar-refractivity contribution >= 4 is 23.2 Å². The summed E-state index contributed by atoms with van der Waals surface area (Å²) in [6.45, 7) is 8.75. The van der Waals surface area contributed by atoms with Crippen LogP contribution in [0.25, 0.3) is 11.1 Å². The molecule has 1 aliphatic heterocycles. The van der Waals surface area contributed by atoms with Crippen LogP contribution in [0.3, 0.4) is 0 Å². The summed E-state index contributed by atoms with van der Waals surface area (Å²) >= 11 is 1.50. The number of hydrogen-bond donors (Lipinski definition) is 0. The molecule has 1 aliphatic rings. The van der Waals surface area contributed by atoms with E-state index in [0.717, 1.165) is 42.2 Å². The fourth-order valence-corrected chi connectivity index (χ4v) is 4.32. The van der Waals surface area contributed by atoms with E-state index in [0.29, 0.717) is 19.6 Å². The number of benzene rings is 1. The first-order valence-electron chi connectivity index (χ1n) is 9.56. The monoisotopic (exact) mass is 385 g/mol. The second-order valence-electron chi connectivity index (χ2n) is 6.66. The van der Waals surface area contributed by atoms with Gasteiger partial charge in [0.15, 0.2) is 0 Å². The molecule has 0 aliphatic carbocycles. The third-order valence-corrected chi connectivity index (χ3v) is 5.98. The van der Waals surface area contributed by atoms with Gasteiger partial charge in [0.05, 0.1) is 11.4 Å². The molecule has 27 heavy (non-hydrogen) atoms. The van der Waals surface area contributed by atoms with Gasteiger partial charge in [-0.15, -0.1) is 11.3 Å². The van der Waals surface area contributed by atoms with Crippen LogP contribution in [0.15, 0.2) is 41.8 Å². The summed E-state index contributed by atoms with van der Waals surface area (Å²) in [4.78, 5) is 32.0. The van der Waals surface area contributed by atoms with E-state index in [1.807, 2.05) is 65.4 Å².